The van der Waals surface area contributed by atoms with E-state index in [2.05, 4.69) is 15.3 Å². The van der Waals surface area contributed by atoms with E-state index in [1.807, 2.05) is 0 Å². The quantitative estimate of drug-likeness (QED) is 0.424. The summed E-state index contributed by atoms with van der Waals surface area (Å²) >= 11 is 0. The number of aromatic nitrogens is 3. The van der Waals surface area contributed by atoms with Gasteiger partial charge in [0.25, 0.3) is 0 Å². The van der Waals surface area contributed by atoms with E-state index in [1.165, 1.54) is 28.8 Å². The fourth-order valence-corrected chi connectivity index (χ4v) is 2.80. The highest BCUT2D eigenvalue weighted by Crippen LogP contribution is 2.29. The molecule has 0 radical (unpaired) electrons. The molecule has 0 bridgehead atoms. The minimum Gasteiger partial charge on any atom is -0.421 e. The number of nitrogens with zero attached hydrogens (tertiary/aromatic N) is 3. The van der Waals surface area contributed by atoms with Crippen LogP contribution in [0.2, 0.25) is 0 Å². The van der Waals surface area contributed by atoms with Gasteiger partial charge in [-0.3, -0.25) is 4.79 Å². The first kappa shape index (κ1) is 22.3. The van der Waals surface area contributed by atoms with Crippen molar-refractivity contribution in [2.45, 2.75) is 25.9 Å². The largest absolute Gasteiger partial charge is 0.421 e. The van der Waals surface area contributed by atoms with Crippen molar-refractivity contribution in [2.75, 3.05) is 11.9 Å². The van der Waals surface area contributed by atoms with Gasteiger partial charge in [0.2, 0.25) is 5.56 Å². The van der Waals surface area contributed by atoms with Gasteiger partial charge in [0.15, 0.2) is 11.6 Å². The second kappa shape index (κ2) is 9.15. The number of benzene rings is 1. The van der Waals surface area contributed by atoms with Gasteiger partial charge in [-0.1, -0.05) is 12.1 Å². The van der Waals surface area contributed by atoms with Crippen LogP contribution in [-0.2, 0) is 7.05 Å². The number of alkyl halides is 3. The van der Waals surface area contributed by atoms with Gasteiger partial charge in [0.1, 0.15) is 5.82 Å². The monoisotopic (exact) mass is 436 g/mol. The van der Waals surface area contributed by atoms with E-state index in [0.717, 1.165) is 0 Å². The maximum Gasteiger partial charge on any atom is 0.389 e. The Morgan fingerprint density at radius 3 is 2.61 bits per heavy atom. The molecule has 3 rings (SSSR count). The summed E-state index contributed by atoms with van der Waals surface area (Å²) in [5.41, 5.74) is 1.21. The second-order valence-corrected chi connectivity index (χ2v) is 6.92. The number of pyridine rings is 1. The smallest absolute Gasteiger partial charge is 0.389 e. The van der Waals surface area contributed by atoms with Crippen molar-refractivity contribution in [3.8, 4) is 23.0 Å². The van der Waals surface area contributed by atoms with Crippen LogP contribution in [0.3, 0.4) is 0 Å². The first-order chi connectivity index (χ1) is 14.6. The Bertz CT molecular complexity index is 1110. The van der Waals surface area contributed by atoms with Gasteiger partial charge in [0.05, 0.1) is 5.69 Å². The predicted octanol–water partition coefficient (Wildman–Crippen LogP) is 4.84. The summed E-state index contributed by atoms with van der Waals surface area (Å²) in [4.78, 5) is 20.1. The molecule has 0 aliphatic rings. The SMILES string of the molecule is Cc1cccc(F)c1Oc1nc(NCCCC(F)(F)F)cc(-c2ccc(=O)n(C)c2)n1. The number of para-hydroxylation sites is 1. The fourth-order valence-electron chi connectivity index (χ4n) is 2.80. The molecule has 2 heterocycles. The molecule has 0 aliphatic heterocycles. The molecular weight excluding hydrogens is 416 g/mol. The van der Waals surface area contributed by atoms with Crippen LogP contribution >= 0.6 is 0 Å². The lowest BCUT2D eigenvalue weighted by Gasteiger charge is -2.13. The molecule has 0 fully saturated rings. The summed E-state index contributed by atoms with van der Waals surface area (Å²) in [6.45, 7) is 1.67. The van der Waals surface area contributed by atoms with Crippen molar-refractivity contribution >= 4 is 5.82 Å². The van der Waals surface area contributed by atoms with E-state index >= 15 is 0 Å². The van der Waals surface area contributed by atoms with Crippen molar-refractivity contribution in [3.63, 3.8) is 0 Å². The number of ether oxygens (including phenoxy) is 1. The number of nitrogens with one attached hydrogen (secondary N) is 1. The van der Waals surface area contributed by atoms with Crippen LogP contribution in [0.4, 0.5) is 23.4 Å². The third-order valence-corrected chi connectivity index (χ3v) is 4.39. The summed E-state index contributed by atoms with van der Waals surface area (Å²) in [5.74, 6) is -0.441. The molecule has 0 spiro atoms. The molecule has 1 N–H and O–H groups in total. The number of hydrogen-bond donors (Lipinski definition) is 1. The zero-order chi connectivity index (χ0) is 22.6. The number of hydrogen-bond acceptors (Lipinski definition) is 5. The maximum absolute atomic E-state index is 14.2. The minimum atomic E-state index is -4.25. The van der Waals surface area contributed by atoms with Crippen LogP contribution in [0.5, 0.6) is 11.8 Å². The Kier molecular flexibility index (Phi) is 6.57. The standard InChI is InChI=1S/C21H20F4N4O2/c1-13-5-3-6-15(22)19(13)31-20-27-16(14-7-8-18(30)29(2)12-14)11-17(28-20)26-10-4-9-21(23,24)25/h3,5-8,11-12H,4,9-10H2,1-2H3,(H,26,27,28). The normalized spacial score (nSPS) is 11.4. The number of anilines is 1. The molecule has 0 saturated carbocycles. The highest BCUT2D eigenvalue weighted by Gasteiger charge is 2.26. The third kappa shape index (κ3) is 6.03. The van der Waals surface area contributed by atoms with E-state index in [0.29, 0.717) is 16.8 Å². The lowest BCUT2D eigenvalue weighted by molar-refractivity contribution is -0.134. The zero-order valence-electron chi connectivity index (χ0n) is 16.8. The van der Waals surface area contributed by atoms with Crippen molar-refractivity contribution in [2.24, 2.45) is 7.05 Å². The third-order valence-electron chi connectivity index (χ3n) is 4.39. The molecule has 6 nitrogen and oxygen atoms in total. The van der Waals surface area contributed by atoms with Crippen LogP contribution in [-0.4, -0.2) is 27.3 Å². The van der Waals surface area contributed by atoms with E-state index in [4.69, 9.17) is 4.74 Å². The zero-order valence-corrected chi connectivity index (χ0v) is 16.8. The van der Waals surface area contributed by atoms with Gasteiger partial charge < -0.3 is 14.6 Å². The first-order valence-electron chi connectivity index (χ1n) is 9.42. The number of rotatable bonds is 7. The molecule has 0 amide bonds. The van der Waals surface area contributed by atoms with Crippen LogP contribution < -0.4 is 15.6 Å². The molecule has 164 valence electrons. The van der Waals surface area contributed by atoms with Gasteiger partial charge >= 0.3 is 12.2 Å². The predicted molar refractivity (Wildman–Crippen MR) is 108 cm³/mol. The van der Waals surface area contributed by atoms with Gasteiger partial charge in [0, 0.05) is 43.9 Å². The number of aryl methyl sites for hydroxylation is 2. The van der Waals surface area contributed by atoms with Crippen LogP contribution in [0.15, 0.2) is 47.4 Å². The van der Waals surface area contributed by atoms with Crippen LogP contribution in [0.1, 0.15) is 18.4 Å². The summed E-state index contributed by atoms with van der Waals surface area (Å²) in [7, 11) is 1.57. The van der Waals surface area contributed by atoms with Crippen molar-refractivity contribution in [1.29, 1.82) is 0 Å². The lowest BCUT2D eigenvalue weighted by Crippen LogP contribution is -2.14. The van der Waals surface area contributed by atoms with Gasteiger partial charge in [-0.2, -0.15) is 23.1 Å². The molecule has 10 heteroatoms. The van der Waals surface area contributed by atoms with E-state index in [1.54, 1.807) is 32.3 Å². The molecule has 31 heavy (non-hydrogen) atoms. The molecule has 3 aromatic rings. The average Bonchev–Trinajstić information content (AvgIpc) is 2.69. The summed E-state index contributed by atoms with van der Waals surface area (Å²) in [5, 5.41) is 2.82. The van der Waals surface area contributed by atoms with Crippen molar-refractivity contribution in [1.82, 2.24) is 14.5 Å². The van der Waals surface area contributed by atoms with Gasteiger partial charge in [-0.05, 0) is 31.0 Å². The Morgan fingerprint density at radius 1 is 1.16 bits per heavy atom. The molecule has 0 saturated heterocycles. The van der Waals surface area contributed by atoms with E-state index in [9.17, 15) is 22.4 Å². The van der Waals surface area contributed by atoms with Crippen LogP contribution in [0.25, 0.3) is 11.3 Å². The van der Waals surface area contributed by atoms with Gasteiger partial charge in [-0.25, -0.2) is 4.39 Å². The summed E-state index contributed by atoms with van der Waals surface area (Å²) < 4.78 is 58.3. The molecule has 0 atom stereocenters. The van der Waals surface area contributed by atoms with Crippen molar-refractivity contribution < 1.29 is 22.3 Å². The van der Waals surface area contributed by atoms with Gasteiger partial charge in [-0.15, -0.1) is 0 Å². The lowest BCUT2D eigenvalue weighted by atomic mass is 10.2. The Balaban J connectivity index is 1.93. The first-order valence-corrected chi connectivity index (χ1v) is 9.42. The van der Waals surface area contributed by atoms with E-state index < -0.39 is 18.4 Å². The molecule has 1 aromatic carbocycles. The molecule has 0 aliphatic carbocycles. The maximum atomic E-state index is 14.2. The van der Waals surface area contributed by atoms with Crippen molar-refractivity contribution in [3.05, 3.63) is 64.3 Å². The Labute approximate surface area is 175 Å². The van der Waals surface area contributed by atoms with E-state index in [-0.39, 0.29) is 36.1 Å². The molecular formula is C21H20F4N4O2. The number of halogens is 4. The molecule has 2 aromatic heterocycles. The summed E-state index contributed by atoms with van der Waals surface area (Å²) in [6.07, 6.45) is -3.78. The average molecular weight is 436 g/mol. The second-order valence-electron chi connectivity index (χ2n) is 6.92. The Morgan fingerprint density at radius 2 is 1.94 bits per heavy atom. The minimum absolute atomic E-state index is 0.0153. The highest BCUT2D eigenvalue weighted by molar-refractivity contribution is 5.62. The highest BCUT2D eigenvalue weighted by atomic mass is 19.4. The van der Waals surface area contributed by atoms with Crippen LogP contribution in [0, 0.1) is 12.7 Å². The molecule has 0 unspecified atom stereocenters. The fraction of sp³-hybridized carbons (Fsp3) is 0.286. The Hall–Kier alpha value is -3.43. The topological polar surface area (TPSA) is 69.0 Å². The summed E-state index contributed by atoms with van der Waals surface area (Å²) in [6, 6.07) is 8.67.